The Morgan fingerprint density at radius 3 is 2.32 bits per heavy atom. The van der Waals surface area contributed by atoms with Crippen LogP contribution in [0.15, 0.2) is 18.4 Å². The van der Waals surface area contributed by atoms with Gasteiger partial charge in [-0.15, -0.1) is 0 Å². The maximum absolute atomic E-state index is 13.5. The highest BCUT2D eigenvalue weighted by Gasteiger charge is 2.50. The van der Waals surface area contributed by atoms with Crippen molar-refractivity contribution >= 4 is 24.8 Å². The fourth-order valence-electron chi connectivity index (χ4n) is 1.72. The molecule has 1 aliphatic heterocycles. The second-order valence-corrected chi connectivity index (χ2v) is 5.91. The Hall–Kier alpha value is -0.905. The zero-order chi connectivity index (χ0) is 14.3. The van der Waals surface area contributed by atoms with Crippen LogP contribution in [-0.2, 0) is 9.31 Å². The largest absolute Gasteiger partial charge is 0.487 e. The highest BCUT2D eigenvalue weighted by molar-refractivity contribution is 6.52. The van der Waals surface area contributed by atoms with Crippen molar-refractivity contribution < 1.29 is 13.7 Å². The van der Waals surface area contributed by atoms with Gasteiger partial charge in [0, 0.05) is 11.8 Å². The molecule has 3 nitrogen and oxygen atoms in total. The molecule has 0 bridgehead atoms. The lowest BCUT2D eigenvalue weighted by molar-refractivity contribution is 0.00578. The maximum atomic E-state index is 13.5. The molecular formula is C13H16BClFNO2. The van der Waals surface area contributed by atoms with Crippen LogP contribution in [0.2, 0.25) is 5.02 Å². The average Bonchev–Trinajstić information content (AvgIpc) is 2.46. The zero-order valence-corrected chi connectivity index (χ0v) is 12.2. The minimum atomic E-state index is -0.520. The van der Waals surface area contributed by atoms with Crippen LogP contribution in [0, 0.1) is 5.82 Å². The Labute approximate surface area is 117 Å². The first kappa shape index (κ1) is 14.5. The molecule has 0 aliphatic carbocycles. The summed E-state index contributed by atoms with van der Waals surface area (Å²) in [6.45, 7) is 7.84. The second kappa shape index (κ2) is 4.89. The summed E-state index contributed by atoms with van der Waals surface area (Å²) in [5, 5.41) is 0.257. The van der Waals surface area contributed by atoms with Crippen molar-refractivity contribution in [2.24, 2.45) is 0 Å². The van der Waals surface area contributed by atoms with Crippen molar-refractivity contribution in [1.29, 1.82) is 0 Å². The van der Waals surface area contributed by atoms with Crippen molar-refractivity contribution in [3.63, 3.8) is 0 Å². The van der Waals surface area contributed by atoms with E-state index in [9.17, 15) is 4.39 Å². The number of nitrogens with zero attached hydrogens (tertiary/aromatic N) is 1. The molecule has 19 heavy (non-hydrogen) atoms. The third-order valence-corrected chi connectivity index (χ3v) is 3.88. The highest BCUT2D eigenvalue weighted by atomic mass is 35.5. The predicted octanol–water partition coefficient (Wildman–Crippen LogP) is 3.52. The van der Waals surface area contributed by atoms with Gasteiger partial charge in [0.05, 0.1) is 22.4 Å². The molecule has 6 heteroatoms. The lowest BCUT2D eigenvalue weighted by atomic mass is 9.89. The standard InChI is InChI=1S/C13H16BClFNO2/c1-12(2)13(3,4)19-14(18-12)6-5-9-10(15)7-17-8-11(9)16/h5-8H,1-4H3/b6-5+. The van der Waals surface area contributed by atoms with E-state index >= 15 is 0 Å². The quantitative estimate of drug-likeness (QED) is 0.778. The maximum Gasteiger partial charge on any atom is 0.487 e. The fourth-order valence-corrected chi connectivity index (χ4v) is 1.93. The molecular weight excluding hydrogens is 267 g/mol. The molecule has 0 unspecified atom stereocenters. The lowest BCUT2D eigenvalue weighted by Gasteiger charge is -2.32. The molecule has 1 aromatic rings. The van der Waals surface area contributed by atoms with Gasteiger partial charge < -0.3 is 9.31 Å². The van der Waals surface area contributed by atoms with Crippen LogP contribution in [0.5, 0.6) is 0 Å². The van der Waals surface area contributed by atoms with Gasteiger partial charge in [0.2, 0.25) is 0 Å². The SMILES string of the molecule is CC1(C)OB(/C=C/c2c(F)cncc2Cl)OC1(C)C. The molecule has 0 atom stereocenters. The summed E-state index contributed by atoms with van der Waals surface area (Å²) in [5.41, 5.74) is -0.545. The van der Waals surface area contributed by atoms with E-state index < -0.39 is 24.1 Å². The van der Waals surface area contributed by atoms with Crippen molar-refractivity contribution in [3.05, 3.63) is 34.8 Å². The Morgan fingerprint density at radius 1 is 1.21 bits per heavy atom. The van der Waals surface area contributed by atoms with Gasteiger partial charge in [0.15, 0.2) is 0 Å². The Morgan fingerprint density at radius 2 is 1.79 bits per heavy atom. The number of halogens is 2. The predicted molar refractivity (Wildman–Crippen MR) is 74.3 cm³/mol. The zero-order valence-electron chi connectivity index (χ0n) is 11.4. The first-order valence-electron chi connectivity index (χ1n) is 6.06. The Bertz CT molecular complexity index is 483. The normalized spacial score (nSPS) is 21.3. The van der Waals surface area contributed by atoms with Crippen molar-refractivity contribution in [1.82, 2.24) is 4.98 Å². The first-order chi connectivity index (χ1) is 8.73. The summed E-state index contributed by atoms with van der Waals surface area (Å²) < 4.78 is 25.1. The molecule has 0 amide bonds. The molecule has 0 aromatic carbocycles. The van der Waals surface area contributed by atoms with Crippen molar-refractivity contribution in [2.75, 3.05) is 0 Å². The number of hydrogen-bond acceptors (Lipinski definition) is 3. The Balaban J connectivity index is 2.18. The third kappa shape index (κ3) is 2.83. The molecule has 2 heterocycles. The molecule has 0 saturated carbocycles. The summed E-state index contributed by atoms with van der Waals surface area (Å²) >= 11 is 5.89. The molecule has 1 fully saturated rings. The van der Waals surface area contributed by atoms with E-state index in [4.69, 9.17) is 20.9 Å². The van der Waals surface area contributed by atoms with Crippen molar-refractivity contribution in [2.45, 2.75) is 38.9 Å². The van der Waals surface area contributed by atoms with E-state index in [1.807, 2.05) is 27.7 Å². The summed E-state index contributed by atoms with van der Waals surface area (Å²) in [5.74, 6) is 1.18. The number of aromatic nitrogens is 1. The molecule has 102 valence electrons. The molecule has 0 N–H and O–H groups in total. The van der Waals surface area contributed by atoms with Gasteiger partial charge >= 0.3 is 7.12 Å². The van der Waals surface area contributed by atoms with Crippen LogP contribution in [0.25, 0.3) is 6.08 Å². The van der Waals surface area contributed by atoms with Crippen LogP contribution in [0.3, 0.4) is 0 Å². The number of pyridine rings is 1. The van der Waals surface area contributed by atoms with Gasteiger partial charge in [0.1, 0.15) is 5.82 Å². The van der Waals surface area contributed by atoms with Crippen LogP contribution < -0.4 is 0 Å². The average molecular weight is 284 g/mol. The second-order valence-electron chi connectivity index (χ2n) is 5.50. The molecule has 1 aliphatic rings. The van der Waals surface area contributed by atoms with Gasteiger partial charge in [0.25, 0.3) is 0 Å². The topological polar surface area (TPSA) is 31.4 Å². The molecule has 1 saturated heterocycles. The summed E-state index contributed by atoms with van der Waals surface area (Å²) in [6.07, 6.45) is 4.08. The summed E-state index contributed by atoms with van der Waals surface area (Å²) in [7, 11) is -0.520. The minimum absolute atomic E-state index is 0.257. The van der Waals surface area contributed by atoms with Gasteiger partial charge in [-0.25, -0.2) is 4.39 Å². The number of rotatable bonds is 2. The van der Waals surface area contributed by atoms with E-state index in [1.165, 1.54) is 6.20 Å². The molecule has 0 spiro atoms. The molecule has 2 rings (SSSR count). The smallest absolute Gasteiger partial charge is 0.400 e. The summed E-state index contributed by atoms with van der Waals surface area (Å²) in [4.78, 5) is 3.67. The van der Waals surface area contributed by atoms with E-state index in [2.05, 4.69) is 4.98 Å². The van der Waals surface area contributed by atoms with Gasteiger partial charge in [-0.1, -0.05) is 23.7 Å². The van der Waals surface area contributed by atoms with Crippen LogP contribution in [-0.4, -0.2) is 23.3 Å². The third-order valence-electron chi connectivity index (χ3n) is 3.58. The van der Waals surface area contributed by atoms with E-state index in [0.717, 1.165) is 6.20 Å². The molecule has 0 radical (unpaired) electrons. The van der Waals surface area contributed by atoms with Crippen LogP contribution in [0.4, 0.5) is 4.39 Å². The fraction of sp³-hybridized carbons (Fsp3) is 0.462. The van der Waals surface area contributed by atoms with Crippen LogP contribution >= 0.6 is 11.6 Å². The minimum Gasteiger partial charge on any atom is -0.400 e. The lowest BCUT2D eigenvalue weighted by Crippen LogP contribution is -2.41. The monoisotopic (exact) mass is 283 g/mol. The molecule has 1 aromatic heterocycles. The van der Waals surface area contributed by atoms with E-state index in [0.29, 0.717) is 0 Å². The van der Waals surface area contributed by atoms with Gasteiger partial charge in [-0.05, 0) is 27.7 Å². The van der Waals surface area contributed by atoms with Crippen LogP contribution in [0.1, 0.15) is 33.3 Å². The highest BCUT2D eigenvalue weighted by Crippen LogP contribution is 2.37. The first-order valence-corrected chi connectivity index (χ1v) is 6.43. The number of hydrogen-bond donors (Lipinski definition) is 0. The van der Waals surface area contributed by atoms with Gasteiger partial charge in [-0.2, -0.15) is 0 Å². The van der Waals surface area contributed by atoms with E-state index in [-0.39, 0.29) is 10.6 Å². The van der Waals surface area contributed by atoms with Crippen molar-refractivity contribution in [3.8, 4) is 0 Å². The Kier molecular flexibility index (Phi) is 3.73. The van der Waals surface area contributed by atoms with E-state index in [1.54, 1.807) is 12.1 Å². The summed E-state index contributed by atoms with van der Waals surface area (Å²) in [6, 6.07) is 0. The van der Waals surface area contributed by atoms with Gasteiger partial charge in [-0.3, -0.25) is 4.98 Å².